The minimum absolute atomic E-state index is 0.0703. The lowest BCUT2D eigenvalue weighted by Gasteiger charge is -2.08. The summed E-state index contributed by atoms with van der Waals surface area (Å²) < 4.78 is 1.86. The van der Waals surface area contributed by atoms with Gasteiger partial charge in [-0.1, -0.05) is 29.5 Å². The van der Waals surface area contributed by atoms with Crippen molar-refractivity contribution in [2.24, 2.45) is 7.05 Å². The Morgan fingerprint density at radius 3 is 2.65 bits per heavy atom. The lowest BCUT2D eigenvalue weighted by atomic mass is 10.1. The first-order valence-corrected chi connectivity index (χ1v) is 6.30. The van der Waals surface area contributed by atoms with Crippen LogP contribution in [0, 0.1) is 13.8 Å². The monoisotopic (exact) mass is 248 g/mol. The van der Waals surface area contributed by atoms with Crippen LogP contribution >= 0.6 is 11.8 Å². The third-order valence-electron chi connectivity index (χ3n) is 2.56. The molecule has 0 saturated carbocycles. The van der Waals surface area contributed by atoms with Gasteiger partial charge in [0.25, 0.3) is 0 Å². The van der Waals surface area contributed by atoms with Crippen molar-refractivity contribution in [2.45, 2.75) is 30.4 Å². The molecule has 4 heteroatoms. The first kappa shape index (κ1) is 12.2. The van der Waals surface area contributed by atoms with Crippen LogP contribution in [0.3, 0.4) is 0 Å². The predicted molar refractivity (Wildman–Crippen MR) is 69.2 cm³/mol. The zero-order chi connectivity index (χ0) is 12.4. The van der Waals surface area contributed by atoms with Crippen LogP contribution in [0.1, 0.15) is 16.8 Å². The number of hydrogen-bond acceptors (Lipinski definition) is 3. The van der Waals surface area contributed by atoms with Crippen LogP contribution < -0.4 is 0 Å². The maximum absolute atomic E-state index is 9.36. The Morgan fingerprint density at radius 2 is 2.06 bits per heavy atom. The molecule has 0 amide bonds. The van der Waals surface area contributed by atoms with Crippen LogP contribution in [0.15, 0.2) is 34.2 Å². The van der Waals surface area contributed by atoms with E-state index in [2.05, 4.69) is 11.2 Å². The second kappa shape index (κ2) is 4.94. The van der Waals surface area contributed by atoms with Crippen molar-refractivity contribution in [3.8, 4) is 0 Å². The van der Waals surface area contributed by atoms with Gasteiger partial charge in [-0.15, -0.1) is 0 Å². The number of aryl methyl sites for hydroxylation is 3. The highest BCUT2D eigenvalue weighted by atomic mass is 32.2. The molecule has 2 aromatic rings. The quantitative estimate of drug-likeness (QED) is 0.907. The largest absolute Gasteiger partial charge is 0.392 e. The summed E-state index contributed by atoms with van der Waals surface area (Å²) in [7, 11) is 1.93. The number of aromatic nitrogens is 2. The molecule has 3 nitrogen and oxygen atoms in total. The molecule has 0 bridgehead atoms. The second-order valence-electron chi connectivity index (χ2n) is 4.12. The normalized spacial score (nSPS) is 10.8. The van der Waals surface area contributed by atoms with Crippen LogP contribution in [0.2, 0.25) is 0 Å². The molecule has 0 aliphatic heterocycles. The van der Waals surface area contributed by atoms with Crippen LogP contribution in [0.5, 0.6) is 0 Å². The average Bonchev–Trinajstić information content (AvgIpc) is 2.60. The van der Waals surface area contributed by atoms with Gasteiger partial charge in [0.15, 0.2) is 0 Å². The lowest BCUT2D eigenvalue weighted by Crippen LogP contribution is -1.94. The van der Waals surface area contributed by atoms with Gasteiger partial charge in [-0.3, -0.25) is 4.68 Å². The van der Waals surface area contributed by atoms with Crippen molar-refractivity contribution in [1.29, 1.82) is 0 Å². The average molecular weight is 248 g/mol. The summed E-state index contributed by atoms with van der Waals surface area (Å²) in [5.74, 6) is 0. The number of rotatable bonds is 3. The van der Waals surface area contributed by atoms with Gasteiger partial charge in [-0.05, 0) is 31.5 Å². The highest BCUT2D eigenvalue weighted by molar-refractivity contribution is 7.99. The Hall–Kier alpha value is -1.26. The predicted octanol–water partition coefficient (Wildman–Crippen LogP) is 2.68. The van der Waals surface area contributed by atoms with Gasteiger partial charge < -0.3 is 5.11 Å². The van der Waals surface area contributed by atoms with Crippen molar-refractivity contribution in [1.82, 2.24) is 9.78 Å². The number of benzene rings is 1. The molecule has 1 aromatic carbocycles. The van der Waals surface area contributed by atoms with E-state index < -0.39 is 0 Å². The smallest absolute Gasteiger partial charge is 0.0987 e. The summed E-state index contributed by atoms with van der Waals surface area (Å²) in [6, 6.07) is 8.18. The number of nitrogens with zero attached hydrogens (tertiary/aromatic N) is 2. The summed E-state index contributed by atoms with van der Waals surface area (Å²) in [6.45, 7) is 4.08. The molecule has 1 N–H and O–H groups in total. The van der Waals surface area contributed by atoms with E-state index >= 15 is 0 Å². The standard InChI is InChI=1S/C13H16N2OS/c1-9-4-5-12(11(6-9)8-16)17-13-7-10(2)14-15(13)3/h4-7,16H,8H2,1-3H3. The molecule has 1 aromatic heterocycles. The van der Waals surface area contributed by atoms with Crippen LogP contribution in [0.25, 0.3) is 0 Å². The molecule has 0 unspecified atom stereocenters. The topological polar surface area (TPSA) is 38.0 Å². The van der Waals surface area contributed by atoms with E-state index in [1.807, 2.05) is 43.8 Å². The highest BCUT2D eigenvalue weighted by Gasteiger charge is 2.08. The zero-order valence-corrected chi connectivity index (χ0v) is 11.1. The van der Waals surface area contributed by atoms with E-state index in [4.69, 9.17) is 0 Å². The number of hydrogen-bond donors (Lipinski definition) is 1. The molecule has 0 radical (unpaired) electrons. The van der Waals surface area contributed by atoms with Crippen molar-refractivity contribution in [2.75, 3.05) is 0 Å². The minimum atomic E-state index is 0.0703. The van der Waals surface area contributed by atoms with Gasteiger partial charge in [-0.2, -0.15) is 5.10 Å². The molecule has 17 heavy (non-hydrogen) atoms. The Bertz CT molecular complexity index is 534. The SMILES string of the molecule is Cc1ccc(Sc2cc(C)nn2C)c(CO)c1. The van der Waals surface area contributed by atoms with Crippen LogP contribution in [0.4, 0.5) is 0 Å². The van der Waals surface area contributed by atoms with Crippen molar-refractivity contribution in [3.63, 3.8) is 0 Å². The van der Waals surface area contributed by atoms with Gasteiger partial charge in [0, 0.05) is 11.9 Å². The Balaban J connectivity index is 2.32. The zero-order valence-electron chi connectivity index (χ0n) is 10.3. The minimum Gasteiger partial charge on any atom is -0.392 e. The number of aliphatic hydroxyl groups excluding tert-OH is 1. The van der Waals surface area contributed by atoms with Crippen molar-refractivity contribution < 1.29 is 5.11 Å². The van der Waals surface area contributed by atoms with Gasteiger partial charge >= 0.3 is 0 Å². The molecule has 0 atom stereocenters. The van der Waals surface area contributed by atoms with Crippen molar-refractivity contribution >= 4 is 11.8 Å². The Kier molecular flexibility index (Phi) is 3.54. The molecule has 1 heterocycles. The fourth-order valence-electron chi connectivity index (χ4n) is 1.73. The molecular weight excluding hydrogens is 232 g/mol. The summed E-state index contributed by atoms with van der Waals surface area (Å²) in [6.07, 6.45) is 0. The Morgan fingerprint density at radius 1 is 1.29 bits per heavy atom. The van der Waals surface area contributed by atoms with Gasteiger partial charge in [-0.25, -0.2) is 0 Å². The molecule has 0 spiro atoms. The lowest BCUT2D eigenvalue weighted by molar-refractivity contribution is 0.279. The maximum Gasteiger partial charge on any atom is 0.0987 e. The van der Waals surface area contributed by atoms with E-state index in [-0.39, 0.29) is 6.61 Å². The summed E-state index contributed by atoms with van der Waals surface area (Å²) in [5, 5.41) is 14.8. The fraction of sp³-hybridized carbons (Fsp3) is 0.308. The highest BCUT2D eigenvalue weighted by Crippen LogP contribution is 2.31. The van der Waals surface area contributed by atoms with E-state index in [0.717, 1.165) is 21.2 Å². The van der Waals surface area contributed by atoms with Gasteiger partial charge in [0.05, 0.1) is 17.3 Å². The molecule has 0 fully saturated rings. The maximum atomic E-state index is 9.36. The van der Waals surface area contributed by atoms with E-state index in [1.165, 1.54) is 5.56 Å². The molecule has 2 rings (SSSR count). The second-order valence-corrected chi connectivity index (χ2v) is 5.18. The van der Waals surface area contributed by atoms with E-state index in [1.54, 1.807) is 11.8 Å². The van der Waals surface area contributed by atoms with Crippen LogP contribution in [-0.4, -0.2) is 14.9 Å². The molecule has 0 aliphatic rings. The summed E-state index contributed by atoms with van der Waals surface area (Å²) in [4.78, 5) is 1.08. The van der Waals surface area contributed by atoms with Crippen LogP contribution in [-0.2, 0) is 13.7 Å². The number of aliphatic hydroxyl groups is 1. The summed E-state index contributed by atoms with van der Waals surface area (Å²) in [5.41, 5.74) is 3.14. The van der Waals surface area contributed by atoms with Gasteiger partial charge in [0.2, 0.25) is 0 Å². The first-order valence-electron chi connectivity index (χ1n) is 5.49. The summed E-state index contributed by atoms with van der Waals surface area (Å²) >= 11 is 1.64. The third-order valence-corrected chi connectivity index (χ3v) is 3.77. The Labute approximate surface area is 105 Å². The fourth-order valence-corrected chi connectivity index (χ4v) is 2.74. The third kappa shape index (κ3) is 2.70. The molecular formula is C13H16N2OS. The molecule has 0 saturated heterocycles. The molecule has 90 valence electrons. The van der Waals surface area contributed by atoms with Crippen molar-refractivity contribution in [3.05, 3.63) is 41.1 Å². The molecule has 0 aliphatic carbocycles. The van der Waals surface area contributed by atoms with E-state index in [9.17, 15) is 5.11 Å². The van der Waals surface area contributed by atoms with E-state index in [0.29, 0.717) is 0 Å². The first-order chi connectivity index (χ1) is 8.10. The van der Waals surface area contributed by atoms with Gasteiger partial charge in [0.1, 0.15) is 0 Å².